The SMILES string of the molecule is CCCCOC(=S)[S-].[Cu+]. The summed E-state index contributed by atoms with van der Waals surface area (Å²) in [7, 11) is 0. The fraction of sp³-hybridized carbons (Fsp3) is 0.800. The molecule has 0 amide bonds. The zero-order valence-corrected chi connectivity index (χ0v) is 7.72. The van der Waals surface area contributed by atoms with Crippen molar-refractivity contribution in [3.05, 3.63) is 0 Å². The smallest absolute Gasteiger partial charge is 0.514 e. The summed E-state index contributed by atoms with van der Waals surface area (Å²) in [6.45, 7) is 2.77. The topological polar surface area (TPSA) is 9.23 Å². The minimum absolute atomic E-state index is 0. The van der Waals surface area contributed by atoms with Crippen LogP contribution >= 0.6 is 12.2 Å². The molecule has 58 valence electrons. The Morgan fingerprint density at radius 1 is 1.67 bits per heavy atom. The molecule has 0 heterocycles. The minimum atomic E-state index is 0. The van der Waals surface area contributed by atoms with Crippen LogP contribution in [-0.4, -0.2) is 11.0 Å². The molecule has 0 rings (SSSR count). The molecule has 4 heteroatoms. The van der Waals surface area contributed by atoms with Crippen molar-refractivity contribution in [1.29, 1.82) is 0 Å². The van der Waals surface area contributed by atoms with Crippen LogP contribution in [0.4, 0.5) is 0 Å². The van der Waals surface area contributed by atoms with E-state index in [-0.39, 0.29) is 21.5 Å². The van der Waals surface area contributed by atoms with Crippen LogP contribution in [0.3, 0.4) is 0 Å². The normalized spacial score (nSPS) is 7.67. The molecule has 0 radical (unpaired) electrons. The molecule has 0 aromatic carbocycles. The Morgan fingerprint density at radius 2 is 2.22 bits per heavy atom. The van der Waals surface area contributed by atoms with E-state index in [2.05, 4.69) is 31.8 Å². The van der Waals surface area contributed by atoms with Crippen molar-refractivity contribution in [1.82, 2.24) is 0 Å². The maximum Gasteiger partial charge on any atom is 1.00 e. The van der Waals surface area contributed by atoms with Gasteiger partial charge in [0.15, 0.2) is 0 Å². The molecule has 0 atom stereocenters. The summed E-state index contributed by atoms with van der Waals surface area (Å²) >= 11 is 9.00. The molecule has 0 aliphatic rings. The number of hydrogen-bond donors (Lipinski definition) is 0. The van der Waals surface area contributed by atoms with Gasteiger partial charge in [0.2, 0.25) is 0 Å². The molecule has 0 aliphatic carbocycles. The molecule has 0 fully saturated rings. The second kappa shape index (κ2) is 8.63. The van der Waals surface area contributed by atoms with Crippen LogP contribution in [0.1, 0.15) is 19.8 Å². The Balaban J connectivity index is 0. The van der Waals surface area contributed by atoms with Crippen molar-refractivity contribution < 1.29 is 21.8 Å². The monoisotopic (exact) mass is 212 g/mol. The third-order valence-electron chi connectivity index (χ3n) is 0.718. The van der Waals surface area contributed by atoms with Crippen LogP contribution in [0.15, 0.2) is 0 Å². The van der Waals surface area contributed by atoms with Gasteiger partial charge in [-0.3, -0.25) is 0 Å². The summed E-state index contributed by atoms with van der Waals surface area (Å²) in [5.41, 5.74) is 0. The van der Waals surface area contributed by atoms with Crippen molar-refractivity contribution in [2.24, 2.45) is 0 Å². The first-order valence-electron chi connectivity index (χ1n) is 2.61. The second-order valence-electron chi connectivity index (χ2n) is 1.45. The van der Waals surface area contributed by atoms with E-state index in [0.29, 0.717) is 6.61 Å². The van der Waals surface area contributed by atoms with Gasteiger partial charge >= 0.3 is 17.1 Å². The number of rotatable bonds is 3. The predicted molar refractivity (Wildman–Crippen MR) is 40.8 cm³/mol. The number of hydrogen-bond acceptors (Lipinski definition) is 3. The fourth-order valence-corrected chi connectivity index (χ4v) is 0.467. The summed E-state index contributed by atoms with van der Waals surface area (Å²) in [5.74, 6) is 0. The van der Waals surface area contributed by atoms with Gasteiger partial charge < -0.3 is 29.6 Å². The molecule has 0 aliphatic heterocycles. The zero-order chi connectivity index (χ0) is 6.41. The van der Waals surface area contributed by atoms with Crippen molar-refractivity contribution in [2.45, 2.75) is 19.8 Å². The molecule has 0 unspecified atom stereocenters. The van der Waals surface area contributed by atoms with E-state index in [9.17, 15) is 0 Å². The maximum atomic E-state index is 4.83. The Morgan fingerprint density at radius 3 is 2.56 bits per heavy atom. The summed E-state index contributed by atoms with van der Waals surface area (Å²) in [5, 5.41) is 0. The average Bonchev–Trinajstić information content (AvgIpc) is 1.66. The van der Waals surface area contributed by atoms with Gasteiger partial charge in [0.25, 0.3) is 0 Å². The molecular formula is C5H9CuOS2. The van der Waals surface area contributed by atoms with E-state index in [4.69, 9.17) is 4.74 Å². The number of unbranched alkanes of at least 4 members (excludes halogenated alkanes) is 1. The van der Waals surface area contributed by atoms with Crippen molar-refractivity contribution in [3.8, 4) is 0 Å². The van der Waals surface area contributed by atoms with E-state index in [1.54, 1.807) is 0 Å². The molecule has 0 N–H and O–H groups in total. The Kier molecular flexibility index (Phi) is 11.8. The summed E-state index contributed by atoms with van der Waals surface area (Å²) in [6, 6.07) is 0. The fourth-order valence-electron chi connectivity index (χ4n) is 0.300. The summed E-state index contributed by atoms with van der Waals surface area (Å²) < 4.78 is 5.06. The first-order valence-corrected chi connectivity index (χ1v) is 3.42. The number of thiocarbonyl (C=S) groups is 1. The molecule has 0 spiro atoms. The van der Waals surface area contributed by atoms with Crippen molar-refractivity contribution in [3.63, 3.8) is 0 Å². The zero-order valence-electron chi connectivity index (χ0n) is 5.15. The van der Waals surface area contributed by atoms with E-state index < -0.39 is 0 Å². The van der Waals surface area contributed by atoms with Gasteiger partial charge in [-0.05, 0) is 6.42 Å². The van der Waals surface area contributed by atoms with Gasteiger partial charge in [-0.1, -0.05) is 13.3 Å². The summed E-state index contributed by atoms with van der Waals surface area (Å²) in [6.07, 6.45) is 2.16. The van der Waals surface area contributed by atoms with Crippen molar-refractivity contribution in [2.75, 3.05) is 6.61 Å². The van der Waals surface area contributed by atoms with Crippen LogP contribution in [0.2, 0.25) is 0 Å². The van der Waals surface area contributed by atoms with Gasteiger partial charge in [-0.2, -0.15) is 0 Å². The van der Waals surface area contributed by atoms with Gasteiger partial charge in [0.05, 0.1) is 6.61 Å². The van der Waals surface area contributed by atoms with Gasteiger partial charge in [0, 0.05) is 4.38 Å². The predicted octanol–water partition coefficient (Wildman–Crippen LogP) is 1.63. The minimum Gasteiger partial charge on any atom is -0.514 e. The average molecular weight is 213 g/mol. The molecule has 0 saturated heterocycles. The Labute approximate surface area is 77.4 Å². The first-order chi connectivity index (χ1) is 3.77. The van der Waals surface area contributed by atoms with Crippen LogP contribution < -0.4 is 0 Å². The van der Waals surface area contributed by atoms with Gasteiger partial charge in [0.1, 0.15) is 0 Å². The number of ether oxygens (including phenoxy) is 1. The van der Waals surface area contributed by atoms with Crippen LogP contribution in [0, 0.1) is 0 Å². The third kappa shape index (κ3) is 12.0. The van der Waals surface area contributed by atoms with Crippen LogP contribution in [-0.2, 0) is 34.4 Å². The Bertz CT molecular complexity index is 77.4. The quantitative estimate of drug-likeness (QED) is 0.305. The molecule has 0 aromatic rings. The molecule has 0 aromatic heterocycles. The summed E-state index contributed by atoms with van der Waals surface area (Å²) in [4.78, 5) is 0. The molecular weight excluding hydrogens is 204 g/mol. The third-order valence-corrected chi connectivity index (χ3v) is 0.954. The van der Waals surface area contributed by atoms with E-state index >= 15 is 0 Å². The van der Waals surface area contributed by atoms with Gasteiger partial charge in [-0.25, -0.2) is 0 Å². The molecule has 1 nitrogen and oxygen atoms in total. The van der Waals surface area contributed by atoms with E-state index in [1.807, 2.05) is 0 Å². The first kappa shape index (κ1) is 12.3. The Hall–Kier alpha value is 0.629. The van der Waals surface area contributed by atoms with E-state index in [1.165, 1.54) is 0 Å². The maximum absolute atomic E-state index is 4.83. The van der Waals surface area contributed by atoms with Crippen molar-refractivity contribution >= 4 is 29.2 Å². The van der Waals surface area contributed by atoms with Crippen LogP contribution in [0.25, 0.3) is 0 Å². The van der Waals surface area contributed by atoms with E-state index in [0.717, 1.165) is 12.8 Å². The standard InChI is InChI=1S/C5H10OS2.Cu/c1-2-3-4-6-5(7)8;/h2-4H2,1H3,(H,7,8);/q;+1/p-1. The van der Waals surface area contributed by atoms with Gasteiger partial charge in [-0.15, -0.1) is 0 Å². The molecule has 0 bridgehead atoms. The molecule has 0 saturated carbocycles. The van der Waals surface area contributed by atoms with Crippen LogP contribution in [0.5, 0.6) is 0 Å². The second-order valence-corrected chi connectivity index (χ2v) is 2.45. The largest absolute Gasteiger partial charge is 1.00 e. The molecule has 9 heavy (non-hydrogen) atoms.